The minimum absolute atomic E-state index is 0.744. The Morgan fingerprint density at radius 2 is 1.86 bits per heavy atom. The SMILES string of the molecule is CCCCCC=O.Nc1ccccc1. The normalized spacial score (nSPS) is 8.64. The first-order chi connectivity index (χ1) is 6.81. The molecule has 2 nitrogen and oxygen atoms in total. The summed E-state index contributed by atoms with van der Waals surface area (Å²) in [6, 6.07) is 9.49. The van der Waals surface area contributed by atoms with Gasteiger partial charge in [-0.15, -0.1) is 0 Å². The van der Waals surface area contributed by atoms with Crippen molar-refractivity contribution in [2.45, 2.75) is 32.6 Å². The van der Waals surface area contributed by atoms with E-state index in [1.807, 2.05) is 30.3 Å². The predicted molar refractivity (Wildman–Crippen MR) is 61.1 cm³/mol. The highest BCUT2D eigenvalue weighted by Gasteiger charge is 1.80. The van der Waals surface area contributed by atoms with E-state index in [0.29, 0.717) is 0 Å². The van der Waals surface area contributed by atoms with Crippen LogP contribution >= 0.6 is 0 Å². The van der Waals surface area contributed by atoms with Crippen LogP contribution in [0.4, 0.5) is 5.69 Å². The van der Waals surface area contributed by atoms with E-state index in [-0.39, 0.29) is 0 Å². The Labute approximate surface area is 86.1 Å². The molecule has 0 saturated heterocycles. The lowest BCUT2D eigenvalue weighted by Crippen LogP contribution is -1.79. The van der Waals surface area contributed by atoms with Crippen LogP contribution in [-0.2, 0) is 4.79 Å². The van der Waals surface area contributed by atoms with Crippen molar-refractivity contribution in [1.29, 1.82) is 0 Å². The fraction of sp³-hybridized carbons (Fsp3) is 0.417. The molecule has 0 aliphatic rings. The summed E-state index contributed by atoms with van der Waals surface area (Å²) in [5, 5.41) is 0. The van der Waals surface area contributed by atoms with E-state index in [9.17, 15) is 4.79 Å². The highest BCUT2D eigenvalue weighted by Crippen LogP contribution is 1.96. The van der Waals surface area contributed by atoms with Crippen molar-refractivity contribution in [3.05, 3.63) is 30.3 Å². The summed E-state index contributed by atoms with van der Waals surface area (Å²) in [6.45, 7) is 2.13. The minimum Gasteiger partial charge on any atom is -0.399 e. The molecular formula is C12H19NO. The molecule has 1 rings (SSSR count). The molecular weight excluding hydrogens is 174 g/mol. The smallest absolute Gasteiger partial charge is 0.119 e. The number of carbonyl (C=O) groups is 1. The molecule has 0 spiro atoms. The van der Waals surface area contributed by atoms with Gasteiger partial charge in [0.05, 0.1) is 0 Å². The van der Waals surface area contributed by atoms with Crippen LogP contribution in [0.5, 0.6) is 0 Å². The van der Waals surface area contributed by atoms with Gasteiger partial charge in [-0.1, -0.05) is 38.0 Å². The van der Waals surface area contributed by atoms with Crippen LogP contribution in [0.1, 0.15) is 32.6 Å². The van der Waals surface area contributed by atoms with Gasteiger partial charge in [-0.25, -0.2) is 0 Å². The Kier molecular flexibility index (Phi) is 8.86. The largest absolute Gasteiger partial charge is 0.399 e. The first kappa shape index (κ1) is 12.7. The molecule has 0 heterocycles. The molecule has 0 fully saturated rings. The third kappa shape index (κ3) is 8.78. The van der Waals surface area contributed by atoms with Gasteiger partial charge in [0, 0.05) is 12.1 Å². The molecule has 2 heteroatoms. The van der Waals surface area contributed by atoms with Crippen LogP contribution in [0.3, 0.4) is 0 Å². The van der Waals surface area contributed by atoms with Crippen LogP contribution in [-0.4, -0.2) is 6.29 Å². The summed E-state index contributed by atoms with van der Waals surface area (Å²) in [5.74, 6) is 0. The predicted octanol–water partition coefficient (Wildman–Crippen LogP) is 3.03. The first-order valence-corrected chi connectivity index (χ1v) is 5.05. The summed E-state index contributed by atoms with van der Waals surface area (Å²) in [6.07, 6.45) is 5.19. The Hall–Kier alpha value is -1.31. The van der Waals surface area contributed by atoms with Gasteiger partial charge < -0.3 is 10.5 Å². The van der Waals surface area contributed by atoms with Crippen LogP contribution in [0, 0.1) is 0 Å². The molecule has 0 aliphatic heterocycles. The molecule has 0 aromatic heterocycles. The van der Waals surface area contributed by atoms with Gasteiger partial charge in [-0.2, -0.15) is 0 Å². The minimum atomic E-state index is 0.744. The lowest BCUT2D eigenvalue weighted by atomic mass is 10.2. The summed E-state index contributed by atoms with van der Waals surface area (Å²) >= 11 is 0. The van der Waals surface area contributed by atoms with E-state index in [1.165, 1.54) is 12.8 Å². The van der Waals surface area contributed by atoms with Crippen molar-refractivity contribution in [3.63, 3.8) is 0 Å². The Morgan fingerprint density at radius 3 is 2.21 bits per heavy atom. The number of hydrogen-bond donors (Lipinski definition) is 1. The van der Waals surface area contributed by atoms with E-state index < -0.39 is 0 Å². The van der Waals surface area contributed by atoms with Gasteiger partial charge in [0.2, 0.25) is 0 Å². The zero-order valence-electron chi connectivity index (χ0n) is 8.78. The number of unbranched alkanes of at least 4 members (excludes halogenated alkanes) is 3. The number of rotatable bonds is 4. The molecule has 0 aliphatic carbocycles. The Balaban J connectivity index is 0.000000241. The monoisotopic (exact) mass is 193 g/mol. The third-order valence-corrected chi connectivity index (χ3v) is 1.73. The van der Waals surface area contributed by atoms with Gasteiger partial charge >= 0.3 is 0 Å². The van der Waals surface area contributed by atoms with E-state index in [1.54, 1.807) is 0 Å². The maximum atomic E-state index is 9.68. The van der Waals surface area contributed by atoms with Gasteiger partial charge in [0.15, 0.2) is 0 Å². The number of anilines is 1. The number of nitrogens with two attached hydrogens (primary N) is 1. The van der Waals surface area contributed by atoms with Crippen molar-refractivity contribution in [3.8, 4) is 0 Å². The van der Waals surface area contributed by atoms with E-state index >= 15 is 0 Å². The quantitative estimate of drug-likeness (QED) is 0.453. The molecule has 1 aromatic rings. The maximum absolute atomic E-state index is 9.68. The van der Waals surface area contributed by atoms with Crippen molar-refractivity contribution in [2.24, 2.45) is 0 Å². The second-order valence-electron chi connectivity index (χ2n) is 3.07. The van der Waals surface area contributed by atoms with Gasteiger partial charge in [-0.05, 0) is 18.6 Å². The number of benzene rings is 1. The molecule has 0 saturated carbocycles. The van der Waals surface area contributed by atoms with Crippen molar-refractivity contribution in [2.75, 3.05) is 5.73 Å². The molecule has 0 unspecified atom stereocenters. The molecule has 0 atom stereocenters. The molecule has 0 radical (unpaired) electrons. The maximum Gasteiger partial charge on any atom is 0.119 e. The summed E-state index contributed by atoms with van der Waals surface area (Å²) in [5.41, 5.74) is 6.18. The van der Waals surface area contributed by atoms with Crippen LogP contribution in [0.25, 0.3) is 0 Å². The highest BCUT2D eigenvalue weighted by atomic mass is 16.1. The fourth-order valence-electron chi connectivity index (χ4n) is 0.931. The Bertz CT molecular complexity index is 221. The average molecular weight is 193 g/mol. The van der Waals surface area contributed by atoms with Gasteiger partial charge in [-0.3, -0.25) is 0 Å². The van der Waals surface area contributed by atoms with Crippen LogP contribution in [0.15, 0.2) is 30.3 Å². The second-order valence-corrected chi connectivity index (χ2v) is 3.07. The average Bonchev–Trinajstić information content (AvgIpc) is 2.21. The summed E-state index contributed by atoms with van der Waals surface area (Å²) in [7, 11) is 0. The summed E-state index contributed by atoms with van der Waals surface area (Å²) in [4.78, 5) is 9.68. The van der Waals surface area contributed by atoms with Crippen molar-refractivity contribution >= 4 is 12.0 Å². The van der Waals surface area contributed by atoms with Gasteiger partial charge in [0.25, 0.3) is 0 Å². The zero-order chi connectivity index (χ0) is 10.6. The molecule has 0 bridgehead atoms. The number of aldehydes is 1. The molecule has 1 aromatic carbocycles. The molecule has 0 amide bonds. The van der Waals surface area contributed by atoms with Crippen LogP contribution < -0.4 is 5.73 Å². The van der Waals surface area contributed by atoms with Crippen molar-refractivity contribution in [1.82, 2.24) is 0 Å². The van der Waals surface area contributed by atoms with E-state index in [2.05, 4.69) is 6.92 Å². The third-order valence-electron chi connectivity index (χ3n) is 1.73. The lowest BCUT2D eigenvalue weighted by Gasteiger charge is -1.85. The summed E-state index contributed by atoms with van der Waals surface area (Å²) < 4.78 is 0. The standard InChI is InChI=1S/C6H7N.C6H12O/c7-6-4-2-1-3-5-6;1-2-3-4-5-6-7/h1-5H,7H2;6H,2-5H2,1H3. The number of para-hydroxylation sites is 1. The molecule has 78 valence electrons. The van der Waals surface area contributed by atoms with E-state index in [0.717, 1.165) is 24.8 Å². The highest BCUT2D eigenvalue weighted by molar-refractivity contribution is 5.48. The van der Waals surface area contributed by atoms with Crippen LogP contribution in [0.2, 0.25) is 0 Å². The van der Waals surface area contributed by atoms with Gasteiger partial charge in [0.1, 0.15) is 6.29 Å². The number of hydrogen-bond acceptors (Lipinski definition) is 2. The second kappa shape index (κ2) is 9.78. The molecule has 2 N–H and O–H groups in total. The number of carbonyl (C=O) groups excluding carboxylic acids is 1. The van der Waals surface area contributed by atoms with E-state index in [4.69, 9.17) is 5.73 Å². The fourth-order valence-corrected chi connectivity index (χ4v) is 0.931. The Morgan fingerprint density at radius 1 is 1.21 bits per heavy atom. The lowest BCUT2D eigenvalue weighted by molar-refractivity contribution is -0.107. The zero-order valence-corrected chi connectivity index (χ0v) is 8.78. The van der Waals surface area contributed by atoms with Crippen molar-refractivity contribution < 1.29 is 4.79 Å². The number of nitrogen functional groups attached to an aromatic ring is 1. The first-order valence-electron chi connectivity index (χ1n) is 5.05. The molecule has 14 heavy (non-hydrogen) atoms. The topological polar surface area (TPSA) is 43.1 Å².